The van der Waals surface area contributed by atoms with Crippen molar-refractivity contribution >= 4 is 17.7 Å². The third-order valence-corrected chi connectivity index (χ3v) is 4.91. The van der Waals surface area contributed by atoms with Crippen LogP contribution < -0.4 is 5.73 Å². The maximum Gasteiger partial charge on any atom is 0.330 e. The van der Waals surface area contributed by atoms with Crippen molar-refractivity contribution in [2.24, 2.45) is 10.7 Å². The smallest absolute Gasteiger partial charge is 0.330 e. The first-order valence-corrected chi connectivity index (χ1v) is 12.4. The van der Waals surface area contributed by atoms with Crippen molar-refractivity contribution in [3.8, 4) is 0 Å². The van der Waals surface area contributed by atoms with Gasteiger partial charge in [-0.3, -0.25) is 9.79 Å². The van der Waals surface area contributed by atoms with E-state index >= 15 is 0 Å². The van der Waals surface area contributed by atoms with E-state index < -0.39 is 35.4 Å². The van der Waals surface area contributed by atoms with Crippen molar-refractivity contribution in [2.75, 3.05) is 13.2 Å². The third kappa shape index (κ3) is 13.1. The first-order chi connectivity index (χ1) is 17.3. The Hall–Kier alpha value is -3.13. The van der Waals surface area contributed by atoms with Crippen LogP contribution in [0.2, 0.25) is 0 Å². The van der Waals surface area contributed by atoms with Gasteiger partial charge in [0.1, 0.15) is 17.4 Å². The molecule has 0 spiro atoms. The molecule has 8 heteroatoms. The lowest BCUT2D eigenvalue weighted by molar-refractivity contribution is -0.146. The number of alkyl halides is 2. The van der Waals surface area contributed by atoms with E-state index in [1.807, 2.05) is 60.7 Å². The highest BCUT2D eigenvalue weighted by Crippen LogP contribution is 2.22. The van der Waals surface area contributed by atoms with Gasteiger partial charge in [-0.2, -0.15) is 0 Å². The molecule has 2 N–H and O–H groups in total. The van der Waals surface area contributed by atoms with Gasteiger partial charge in [0.2, 0.25) is 0 Å². The van der Waals surface area contributed by atoms with Crippen LogP contribution in [0.3, 0.4) is 0 Å². The van der Waals surface area contributed by atoms with Crippen molar-refractivity contribution in [1.82, 2.24) is 0 Å². The fraction of sp³-hybridized carbons (Fsp3) is 0.483. The normalized spacial score (nSPS) is 12.9. The van der Waals surface area contributed by atoms with Crippen LogP contribution in [0.25, 0.3) is 0 Å². The molecule has 37 heavy (non-hydrogen) atoms. The Morgan fingerprint density at radius 1 is 0.784 bits per heavy atom. The molecule has 0 saturated heterocycles. The Bertz CT molecular complexity index is 943. The largest absolute Gasteiger partial charge is 0.465 e. The summed E-state index contributed by atoms with van der Waals surface area (Å²) in [4.78, 5) is 27.9. The standard InChI is InChI=1S/C21H24FNO2.C8H16FNO2/c1-4-25-20(24)18(15-21(2,3)22)23-19(16-11-7-5-8-12-16)17-13-9-6-10-14-17;1-4-12-7(11)6(10)5-8(2,3)9/h5-14,18H,4,15H2,1-3H3;6H,4-5,10H2,1-3H3. The number of nitrogens with zero attached hydrogens (tertiary/aromatic N) is 1. The second-order valence-corrected chi connectivity index (χ2v) is 9.68. The van der Waals surface area contributed by atoms with Gasteiger partial charge in [0, 0.05) is 24.0 Å². The predicted molar refractivity (Wildman–Crippen MR) is 143 cm³/mol. The summed E-state index contributed by atoms with van der Waals surface area (Å²) in [6.07, 6.45) is -0.0408. The predicted octanol–water partition coefficient (Wildman–Crippen LogP) is 5.61. The zero-order valence-corrected chi connectivity index (χ0v) is 22.7. The molecule has 0 aliphatic rings. The van der Waals surface area contributed by atoms with Gasteiger partial charge in [0.15, 0.2) is 6.04 Å². The highest BCUT2D eigenvalue weighted by Gasteiger charge is 2.29. The Kier molecular flexibility index (Phi) is 13.1. The number of carbonyl (C=O) groups is 2. The van der Waals surface area contributed by atoms with Gasteiger partial charge in [-0.1, -0.05) is 60.7 Å². The number of aliphatic imine (C=N–C) groups is 1. The van der Waals surface area contributed by atoms with E-state index in [0.717, 1.165) is 11.1 Å². The Balaban J connectivity index is 0.000000482. The molecule has 204 valence electrons. The number of hydrogen-bond donors (Lipinski definition) is 1. The number of hydrogen-bond acceptors (Lipinski definition) is 6. The zero-order valence-electron chi connectivity index (χ0n) is 22.7. The summed E-state index contributed by atoms with van der Waals surface area (Å²) in [5.41, 5.74) is 4.83. The summed E-state index contributed by atoms with van der Waals surface area (Å²) >= 11 is 0. The summed E-state index contributed by atoms with van der Waals surface area (Å²) in [6.45, 7) is 9.58. The fourth-order valence-corrected chi connectivity index (χ4v) is 3.40. The topological polar surface area (TPSA) is 91.0 Å². The van der Waals surface area contributed by atoms with E-state index in [4.69, 9.17) is 10.5 Å². The highest BCUT2D eigenvalue weighted by molar-refractivity contribution is 6.13. The van der Waals surface area contributed by atoms with Crippen LogP contribution >= 0.6 is 0 Å². The number of halogens is 2. The minimum atomic E-state index is -1.53. The molecular weight excluding hydrogens is 478 g/mol. The lowest BCUT2D eigenvalue weighted by atomic mass is 9.98. The van der Waals surface area contributed by atoms with Crippen molar-refractivity contribution in [1.29, 1.82) is 0 Å². The lowest BCUT2D eigenvalue weighted by Crippen LogP contribution is -2.37. The number of benzene rings is 2. The molecule has 2 atom stereocenters. The monoisotopic (exact) mass is 518 g/mol. The van der Waals surface area contributed by atoms with Crippen molar-refractivity contribution in [2.45, 2.75) is 77.8 Å². The number of esters is 2. The maximum absolute atomic E-state index is 14.2. The molecule has 0 aliphatic heterocycles. The summed E-state index contributed by atoms with van der Waals surface area (Å²) in [5.74, 6) is -1.04. The average molecular weight is 519 g/mol. The van der Waals surface area contributed by atoms with E-state index in [2.05, 4.69) is 9.73 Å². The van der Waals surface area contributed by atoms with Gasteiger partial charge < -0.3 is 15.2 Å². The van der Waals surface area contributed by atoms with Crippen molar-refractivity contribution in [3.05, 3.63) is 71.8 Å². The molecule has 0 heterocycles. The van der Waals surface area contributed by atoms with E-state index in [-0.39, 0.29) is 26.1 Å². The van der Waals surface area contributed by atoms with E-state index in [1.54, 1.807) is 13.8 Å². The molecule has 0 bridgehead atoms. The second-order valence-electron chi connectivity index (χ2n) is 9.68. The Labute approximate surface area is 219 Å². The molecule has 2 rings (SSSR count). The lowest BCUT2D eigenvalue weighted by Gasteiger charge is -2.20. The highest BCUT2D eigenvalue weighted by atomic mass is 19.1. The number of rotatable bonds is 11. The zero-order chi connectivity index (χ0) is 28.1. The first kappa shape index (κ1) is 31.9. The fourth-order valence-electron chi connectivity index (χ4n) is 3.40. The number of nitrogens with two attached hydrogens (primary N) is 1. The van der Waals surface area contributed by atoms with Gasteiger partial charge in [0.05, 0.1) is 18.9 Å². The molecule has 0 aromatic heterocycles. The minimum Gasteiger partial charge on any atom is -0.465 e. The van der Waals surface area contributed by atoms with Gasteiger partial charge in [-0.25, -0.2) is 13.6 Å². The quantitative estimate of drug-likeness (QED) is 0.308. The molecule has 2 unspecified atom stereocenters. The summed E-state index contributed by atoms with van der Waals surface area (Å²) in [5, 5.41) is 0. The van der Waals surface area contributed by atoms with Crippen LogP contribution in [0.5, 0.6) is 0 Å². The average Bonchev–Trinajstić information content (AvgIpc) is 2.82. The second kappa shape index (κ2) is 15.2. The van der Waals surface area contributed by atoms with Crippen LogP contribution in [0.4, 0.5) is 8.78 Å². The van der Waals surface area contributed by atoms with Crippen molar-refractivity contribution < 1.29 is 27.8 Å². The Morgan fingerprint density at radius 2 is 1.19 bits per heavy atom. The van der Waals surface area contributed by atoms with Gasteiger partial charge >= 0.3 is 11.9 Å². The summed E-state index contributed by atoms with van der Waals surface area (Å²) in [7, 11) is 0. The van der Waals surface area contributed by atoms with Crippen LogP contribution in [0.1, 0.15) is 65.5 Å². The molecule has 2 aromatic rings. The molecule has 0 aliphatic carbocycles. The first-order valence-electron chi connectivity index (χ1n) is 12.4. The summed E-state index contributed by atoms with van der Waals surface area (Å²) in [6, 6.07) is 17.4. The molecule has 0 saturated carbocycles. The van der Waals surface area contributed by atoms with E-state index in [9.17, 15) is 18.4 Å². The maximum atomic E-state index is 14.2. The molecule has 0 fully saturated rings. The molecular formula is C29H40F2N2O4. The van der Waals surface area contributed by atoms with Gasteiger partial charge in [0.25, 0.3) is 0 Å². The molecule has 6 nitrogen and oxygen atoms in total. The minimum absolute atomic E-state index is 0.00810. The number of carbonyl (C=O) groups excluding carboxylic acids is 2. The van der Waals surface area contributed by atoms with E-state index in [0.29, 0.717) is 5.71 Å². The van der Waals surface area contributed by atoms with Gasteiger partial charge in [-0.05, 0) is 41.5 Å². The molecule has 2 aromatic carbocycles. The van der Waals surface area contributed by atoms with Crippen LogP contribution in [0, 0.1) is 0 Å². The summed E-state index contributed by atoms with van der Waals surface area (Å²) < 4.78 is 36.9. The van der Waals surface area contributed by atoms with Crippen LogP contribution in [-0.2, 0) is 19.1 Å². The van der Waals surface area contributed by atoms with Crippen LogP contribution in [0.15, 0.2) is 65.7 Å². The molecule has 0 radical (unpaired) electrons. The molecule has 0 amide bonds. The third-order valence-electron chi connectivity index (χ3n) is 4.91. The number of ether oxygens (including phenoxy) is 2. The SMILES string of the molecule is CCOC(=O)C(CC(C)(C)F)N=C(c1ccccc1)c1ccccc1.CCOC(=O)C(N)CC(C)(C)F. The van der Waals surface area contributed by atoms with Crippen LogP contribution in [-0.4, -0.2) is 54.3 Å². The van der Waals surface area contributed by atoms with E-state index in [1.165, 1.54) is 27.7 Å². The van der Waals surface area contributed by atoms with Gasteiger partial charge in [-0.15, -0.1) is 0 Å². The van der Waals surface area contributed by atoms with Crippen molar-refractivity contribution in [3.63, 3.8) is 0 Å². The Morgan fingerprint density at radius 3 is 1.57 bits per heavy atom.